The lowest BCUT2D eigenvalue weighted by molar-refractivity contribution is -0.141. The molecule has 0 unspecified atom stereocenters. The number of esters is 1. The standard InChI is InChI=1S/C16H22ClN3O2/c1-22-15(21)5-2-11-6-8-20(9-7-11)14-10-13(17)18-16(19-14)12-3-4-12/h10-12H,2-9H2,1H3. The Bertz CT molecular complexity index is 540. The molecule has 1 aromatic heterocycles. The fourth-order valence-corrected chi connectivity index (χ4v) is 3.17. The number of methoxy groups -OCH3 is 1. The number of carbonyl (C=O) groups excluding carboxylic acids is 1. The van der Waals surface area contributed by atoms with E-state index in [9.17, 15) is 4.79 Å². The smallest absolute Gasteiger partial charge is 0.305 e. The van der Waals surface area contributed by atoms with E-state index in [0.717, 1.165) is 44.0 Å². The van der Waals surface area contributed by atoms with Gasteiger partial charge in [-0.1, -0.05) is 11.6 Å². The van der Waals surface area contributed by atoms with E-state index in [1.807, 2.05) is 6.07 Å². The first-order valence-electron chi connectivity index (χ1n) is 8.02. The van der Waals surface area contributed by atoms with Gasteiger partial charge in [-0.3, -0.25) is 4.79 Å². The Labute approximate surface area is 136 Å². The molecule has 0 radical (unpaired) electrons. The van der Waals surface area contributed by atoms with Crippen molar-refractivity contribution in [2.24, 2.45) is 5.92 Å². The molecular formula is C16H22ClN3O2. The summed E-state index contributed by atoms with van der Waals surface area (Å²) in [5, 5.41) is 0.541. The Morgan fingerprint density at radius 3 is 2.68 bits per heavy atom. The van der Waals surface area contributed by atoms with Gasteiger partial charge in [-0.25, -0.2) is 9.97 Å². The normalized spacial score (nSPS) is 19.3. The number of halogens is 1. The van der Waals surface area contributed by atoms with Gasteiger partial charge in [0.15, 0.2) is 0 Å². The predicted molar refractivity (Wildman–Crippen MR) is 85.2 cm³/mol. The molecule has 0 bridgehead atoms. The van der Waals surface area contributed by atoms with Gasteiger partial charge < -0.3 is 9.64 Å². The fourth-order valence-electron chi connectivity index (χ4n) is 2.98. The zero-order valence-electron chi connectivity index (χ0n) is 12.9. The molecule has 22 heavy (non-hydrogen) atoms. The van der Waals surface area contributed by atoms with E-state index in [0.29, 0.717) is 23.4 Å². The lowest BCUT2D eigenvalue weighted by Crippen LogP contribution is -2.34. The van der Waals surface area contributed by atoms with Gasteiger partial charge >= 0.3 is 5.97 Å². The molecule has 1 aromatic rings. The van der Waals surface area contributed by atoms with E-state index >= 15 is 0 Å². The van der Waals surface area contributed by atoms with Crippen LogP contribution in [0, 0.1) is 5.92 Å². The molecule has 5 nitrogen and oxygen atoms in total. The van der Waals surface area contributed by atoms with Gasteiger partial charge in [0.05, 0.1) is 7.11 Å². The minimum absolute atomic E-state index is 0.112. The fraction of sp³-hybridized carbons (Fsp3) is 0.688. The molecule has 0 amide bonds. The molecule has 120 valence electrons. The Hall–Kier alpha value is -1.36. The third-order valence-corrected chi connectivity index (χ3v) is 4.76. The number of piperidine rings is 1. The number of aromatic nitrogens is 2. The van der Waals surface area contributed by atoms with Crippen molar-refractivity contribution in [3.8, 4) is 0 Å². The quantitative estimate of drug-likeness (QED) is 0.615. The Morgan fingerprint density at radius 1 is 1.32 bits per heavy atom. The molecular weight excluding hydrogens is 302 g/mol. The molecule has 0 aromatic carbocycles. The van der Waals surface area contributed by atoms with Crippen LogP contribution in [0.4, 0.5) is 5.82 Å². The third-order valence-electron chi connectivity index (χ3n) is 4.56. The van der Waals surface area contributed by atoms with Crippen molar-refractivity contribution in [1.82, 2.24) is 9.97 Å². The highest BCUT2D eigenvalue weighted by Gasteiger charge is 2.28. The van der Waals surface area contributed by atoms with Crippen molar-refractivity contribution >= 4 is 23.4 Å². The van der Waals surface area contributed by atoms with Crippen molar-refractivity contribution in [3.63, 3.8) is 0 Å². The van der Waals surface area contributed by atoms with Gasteiger partial charge in [-0.15, -0.1) is 0 Å². The maximum atomic E-state index is 11.2. The zero-order valence-corrected chi connectivity index (χ0v) is 13.7. The zero-order chi connectivity index (χ0) is 15.5. The molecule has 2 heterocycles. The first kappa shape index (κ1) is 15.5. The van der Waals surface area contributed by atoms with E-state index in [1.165, 1.54) is 20.0 Å². The molecule has 0 spiro atoms. The molecule has 0 atom stereocenters. The summed E-state index contributed by atoms with van der Waals surface area (Å²) < 4.78 is 4.71. The van der Waals surface area contributed by atoms with Crippen LogP contribution in [0.25, 0.3) is 0 Å². The van der Waals surface area contributed by atoms with Gasteiger partial charge in [0.1, 0.15) is 16.8 Å². The number of carbonyl (C=O) groups is 1. The summed E-state index contributed by atoms with van der Waals surface area (Å²) in [4.78, 5) is 22.5. The second-order valence-corrected chi connectivity index (χ2v) is 6.61. The van der Waals surface area contributed by atoms with Crippen LogP contribution < -0.4 is 4.90 Å². The Morgan fingerprint density at radius 2 is 2.05 bits per heavy atom. The monoisotopic (exact) mass is 323 g/mol. The van der Waals surface area contributed by atoms with Crippen LogP contribution in [0.2, 0.25) is 5.15 Å². The van der Waals surface area contributed by atoms with E-state index in [-0.39, 0.29) is 5.97 Å². The summed E-state index contributed by atoms with van der Waals surface area (Å²) in [6, 6.07) is 1.86. The van der Waals surface area contributed by atoms with Crippen LogP contribution >= 0.6 is 11.6 Å². The SMILES string of the molecule is COC(=O)CCC1CCN(c2cc(Cl)nc(C3CC3)n2)CC1. The van der Waals surface area contributed by atoms with Crippen molar-refractivity contribution in [2.75, 3.05) is 25.1 Å². The van der Waals surface area contributed by atoms with Crippen LogP contribution in [0.5, 0.6) is 0 Å². The minimum atomic E-state index is -0.112. The minimum Gasteiger partial charge on any atom is -0.469 e. The number of ether oxygens (including phenoxy) is 1. The maximum absolute atomic E-state index is 11.2. The average Bonchev–Trinajstić information content (AvgIpc) is 3.37. The number of hydrogen-bond acceptors (Lipinski definition) is 5. The largest absolute Gasteiger partial charge is 0.469 e. The predicted octanol–water partition coefficient (Wildman–Crippen LogP) is 3.18. The van der Waals surface area contributed by atoms with Crippen LogP contribution in [-0.4, -0.2) is 36.1 Å². The molecule has 0 N–H and O–H groups in total. The lowest BCUT2D eigenvalue weighted by atomic mass is 9.92. The van der Waals surface area contributed by atoms with Crippen molar-refractivity contribution < 1.29 is 9.53 Å². The summed E-state index contributed by atoms with van der Waals surface area (Å²) in [6.45, 7) is 1.92. The summed E-state index contributed by atoms with van der Waals surface area (Å²) in [7, 11) is 1.45. The molecule has 1 aliphatic carbocycles. The van der Waals surface area contributed by atoms with Crippen LogP contribution in [0.15, 0.2) is 6.07 Å². The van der Waals surface area contributed by atoms with Gasteiger partial charge in [-0.05, 0) is 38.0 Å². The second kappa shape index (κ2) is 6.82. The summed E-state index contributed by atoms with van der Waals surface area (Å²) in [5.41, 5.74) is 0. The highest BCUT2D eigenvalue weighted by atomic mass is 35.5. The third kappa shape index (κ3) is 3.88. The van der Waals surface area contributed by atoms with Gasteiger partial charge in [-0.2, -0.15) is 0 Å². The molecule has 6 heteroatoms. The van der Waals surface area contributed by atoms with Crippen LogP contribution in [-0.2, 0) is 9.53 Å². The first-order valence-corrected chi connectivity index (χ1v) is 8.39. The van der Waals surface area contributed by atoms with Gasteiger partial charge in [0, 0.05) is 31.5 Å². The first-order chi connectivity index (χ1) is 10.7. The molecule has 2 fully saturated rings. The number of anilines is 1. The highest BCUT2D eigenvalue weighted by Crippen LogP contribution is 2.39. The van der Waals surface area contributed by atoms with E-state index in [2.05, 4.69) is 14.9 Å². The number of nitrogens with zero attached hydrogens (tertiary/aromatic N) is 3. The van der Waals surface area contributed by atoms with Crippen molar-refractivity contribution in [1.29, 1.82) is 0 Å². The van der Waals surface area contributed by atoms with E-state index in [4.69, 9.17) is 16.3 Å². The van der Waals surface area contributed by atoms with Gasteiger partial charge in [0.2, 0.25) is 0 Å². The Kier molecular flexibility index (Phi) is 4.81. The summed E-state index contributed by atoms with van der Waals surface area (Å²) in [6.07, 6.45) is 5.95. The Balaban J connectivity index is 1.56. The van der Waals surface area contributed by atoms with E-state index < -0.39 is 0 Å². The topological polar surface area (TPSA) is 55.3 Å². The van der Waals surface area contributed by atoms with Crippen LogP contribution in [0.1, 0.15) is 50.3 Å². The van der Waals surface area contributed by atoms with E-state index in [1.54, 1.807) is 0 Å². The number of rotatable bonds is 5. The molecule has 1 saturated heterocycles. The molecule has 3 rings (SSSR count). The molecule has 1 aliphatic heterocycles. The van der Waals surface area contributed by atoms with Crippen molar-refractivity contribution in [3.05, 3.63) is 17.0 Å². The average molecular weight is 324 g/mol. The number of hydrogen-bond donors (Lipinski definition) is 0. The summed E-state index contributed by atoms with van der Waals surface area (Å²) >= 11 is 6.14. The van der Waals surface area contributed by atoms with Crippen LogP contribution in [0.3, 0.4) is 0 Å². The molecule has 2 aliphatic rings. The van der Waals surface area contributed by atoms with Crippen molar-refractivity contribution in [2.45, 2.75) is 44.4 Å². The summed E-state index contributed by atoms with van der Waals surface area (Å²) in [5.74, 6) is 2.84. The van der Waals surface area contributed by atoms with Gasteiger partial charge in [0.25, 0.3) is 0 Å². The maximum Gasteiger partial charge on any atom is 0.305 e. The lowest BCUT2D eigenvalue weighted by Gasteiger charge is -2.32. The highest BCUT2D eigenvalue weighted by molar-refractivity contribution is 6.29. The molecule has 1 saturated carbocycles. The second-order valence-electron chi connectivity index (χ2n) is 6.23.